The number of aryl methyl sites for hydroxylation is 2. The van der Waals surface area contributed by atoms with Crippen LogP contribution >= 0.6 is 0 Å². The summed E-state index contributed by atoms with van der Waals surface area (Å²) < 4.78 is 54.6. The summed E-state index contributed by atoms with van der Waals surface area (Å²) in [6.07, 6.45) is 4.05. The number of esters is 3. The molecule has 0 fully saturated rings. The molecule has 0 spiro atoms. The highest BCUT2D eigenvalue weighted by Gasteiger charge is 2.35. The number of ether oxygens (including phenoxy) is 10. The molecule has 628 valence electrons. The molecule has 0 saturated carbocycles. The molecule has 0 aromatic heterocycles. The number of carbonyl (C=O) groups is 6. The Bertz CT molecular complexity index is 2840. The fraction of sp³-hybridized carbons (Fsp3) is 0.802. The van der Waals surface area contributed by atoms with E-state index in [1.54, 1.807) is 6.92 Å². The quantitative estimate of drug-likeness (QED) is 0.0467. The van der Waals surface area contributed by atoms with Gasteiger partial charge in [-0.1, -0.05) is 129 Å². The normalized spacial score (nSPS) is 13.1. The summed E-state index contributed by atoms with van der Waals surface area (Å²) in [5.41, 5.74) is 1.69. The van der Waals surface area contributed by atoms with E-state index in [9.17, 15) is 28.8 Å². The minimum absolute atomic E-state index is 0.00722. The average molecular weight is 1520 g/mol. The third-order valence-electron chi connectivity index (χ3n) is 13.9. The number of hydrogen-bond acceptors (Lipinski definition) is 16. The number of unbranched alkanes of at least 4 members (excludes halogenated alkanes) is 1. The fourth-order valence-electron chi connectivity index (χ4n) is 8.18. The monoisotopic (exact) mass is 1520 g/mol. The maximum atomic E-state index is 12.6. The van der Waals surface area contributed by atoms with Crippen molar-refractivity contribution in [2.45, 2.75) is 415 Å². The SMILES string of the molecule is CC(C)(C)COC(C)(C)C.CC(C)(C)OCCCC(=O)C(C)(C)C.CC(C)(C)OCCCCC(=O)C(C)(C)C.CC(C)(C)OCOC(=O)C(C)(C)C.CC(C)C(=O)OCc1ccc(OC(C)(C)C)cc1.CC(OC(=O)C(C)(C)C)OC(C)(C)C.Cc1cc(C)c(C(C)(C)CC(=O)C(C)(C)C)c(OC(C)(C)C)c1. The molecule has 16 heteroatoms. The summed E-state index contributed by atoms with van der Waals surface area (Å²) in [6, 6.07) is 11.9. The maximum absolute atomic E-state index is 12.6. The first-order valence-corrected chi connectivity index (χ1v) is 39.0. The number of rotatable bonds is 22. The lowest BCUT2D eigenvalue weighted by molar-refractivity contribution is -0.204. The lowest BCUT2D eigenvalue weighted by atomic mass is 9.73. The van der Waals surface area contributed by atoms with Gasteiger partial charge in [-0.25, -0.2) is 0 Å². The first-order valence-electron chi connectivity index (χ1n) is 39.0. The molecule has 16 nitrogen and oxygen atoms in total. The van der Waals surface area contributed by atoms with Crippen molar-refractivity contribution in [3.05, 3.63) is 58.7 Å². The van der Waals surface area contributed by atoms with Crippen LogP contribution in [0.2, 0.25) is 0 Å². The van der Waals surface area contributed by atoms with Gasteiger partial charge in [-0.15, -0.1) is 0 Å². The Kier molecular flexibility index (Phi) is 48.0. The van der Waals surface area contributed by atoms with Crippen LogP contribution in [0, 0.1) is 52.3 Å². The van der Waals surface area contributed by atoms with E-state index in [2.05, 4.69) is 102 Å². The first-order chi connectivity index (χ1) is 47.0. The van der Waals surface area contributed by atoms with E-state index in [0.717, 1.165) is 55.1 Å². The minimum atomic E-state index is -0.498. The van der Waals surface area contributed by atoms with Crippen LogP contribution in [0.5, 0.6) is 11.5 Å². The van der Waals surface area contributed by atoms with Crippen molar-refractivity contribution in [2.75, 3.05) is 26.6 Å². The topological polar surface area (TPSA) is 195 Å². The molecule has 0 aliphatic carbocycles. The molecule has 107 heavy (non-hydrogen) atoms. The van der Waals surface area contributed by atoms with E-state index in [1.165, 1.54) is 11.1 Å². The van der Waals surface area contributed by atoms with Gasteiger partial charge in [0.1, 0.15) is 46.7 Å². The highest BCUT2D eigenvalue weighted by Crippen LogP contribution is 2.41. The van der Waals surface area contributed by atoms with Gasteiger partial charge in [0.05, 0.1) is 51.4 Å². The Balaban J connectivity index is -0.000000384. The van der Waals surface area contributed by atoms with Crippen LogP contribution < -0.4 is 9.47 Å². The molecule has 0 saturated heterocycles. The van der Waals surface area contributed by atoms with E-state index < -0.39 is 17.1 Å². The molecule has 0 aliphatic rings. The largest absolute Gasteiger partial charge is 0.488 e. The van der Waals surface area contributed by atoms with Crippen LogP contribution in [0.15, 0.2) is 36.4 Å². The Hall–Kier alpha value is -4.74. The molecule has 2 aromatic carbocycles. The van der Waals surface area contributed by atoms with Crippen LogP contribution in [0.4, 0.5) is 0 Å². The zero-order chi connectivity index (χ0) is 86.2. The molecular weight excluding hydrogens is 1350 g/mol. The van der Waals surface area contributed by atoms with Crippen molar-refractivity contribution < 1.29 is 76.1 Å². The third-order valence-corrected chi connectivity index (χ3v) is 13.9. The summed E-state index contributed by atoms with van der Waals surface area (Å²) in [7, 11) is 0. The molecule has 0 bridgehead atoms. The number of Topliss-reactive ketones (excluding diaryl/α,β-unsaturated/α-hetero) is 3. The summed E-state index contributed by atoms with van der Waals surface area (Å²) in [5.74, 6) is 1.92. The first kappa shape index (κ1) is 111. The summed E-state index contributed by atoms with van der Waals surface area (Å²) in [4.78, 5) is 69.7. The molecule has 1 atom stereocenters. The zero-order valence-corrected chi connectivity index (χ0v) is 77.9. The predicted octanol–water partition coefficient (Wildman–Crippen LogP) is 24.0. The Morgan fingerprint density at radius 3 is 1.12 bits per heavy atom. The van der Waals surface area contributed by atoms with Gasteiger partial charge < -0.3 is 47.4 Å². The van der Waals surface area contributed by atoms with Crippen LogP contribution in [0.25, 0.3) is 0 Å². The number of hydrogen-bond donors (Lipinski definition) is 0. The summed E-state index contributed by atoms with van der Waals surface area (Å²) >= 11 is 0. The molecule has 0 N–H and O–H groups in total. The van der Waals surface area contributed by atoms with E-state index in [-0.39, 0.29) is 103 Å². The van der Waals surface area contributed by atoms with Crippen molar-refractivity contribution in [1.29, 1.82) is 0 Å². The van der Waals surface area contributed by atoms with Crippen LogP contribution in [0.1, 0.15) is 365 Å². The summed E-state index contributed by atoms with van der Waals surface area (Å²) in [5, 5.41) is 0. The van der Waals surface area contributed by atoms with Gasteiger partial charge in [-0.2, -0.15) is 0 Å². The van der Waals surface area contributed by atoms with Crippen molar-refractivity contribution in [1.82, 2.24) is 0 Å². The minimum Gasteiger partial charge on any atom is -0.488 e. The second kappa shape index (κ2) is 46.3. The van der Waals surface area contributed by atoms with Crippen molar-refractivity contribution in [3.8, 4) is 11.5 Å². The van der Waals surface area contributed by atoms with Gasteiger partial charge in [0.15, 0.2) is 6.79 Å². The second-order valence-corrected chi connectivity index (χ2v) is 42.3. The van der Waals surface area contributed by atoms with Crippen molar-refractivity contribution in [2.24, 2.45) is 38.4 Å². The second-order valence-electron chi connectivity index (χ2n) is 42.3. The number of ketones is 3. The van der Waals surface area contributed by atoms with Crippen molar-refractivity contribution >= 4 is 35.3 Å². The molecule has 2 rings (SSSR count). The summed E-state index contributed by atoms with van der Waals surface area (Å²) in [6.45, 7) is 93.8. The van der Waals surface area contributed by atoms with E-state index in [4.69, 9.17) is 47.4 Å². The fourth-order valence-corrected chi connectivity index (χ4v) is 8.18. The van der Waals surface area contributed by atoms with Gasteiger partial charge in [-0.3, -0.25) is 28.8 Å². The molecular formula is C91H168O16. The zero-order valence-electron chi connectivity index (χ0n) is 77.9. The number of carbonyl (C=O) groups excluding carboxylic acids is 6. The van der Waals surface area contributed by atoms with Gasteiger partial charge in [0.2, 0.25) is 6.29 Å². The Morgan fingerprint density at radius 1 is 0.393 bits per heavy atom. The van der Waals surface area contributed by atoms with Crippen LogP contribution in [-0.2, 0) is 78.7 Å². The van der Waals surface area contributed by atoms with Crippen molar-refractivity contribution in [3.63, 3.8) is 0 Å². The van der Waals surface area contributed by atoms with Crippen LogP contribution in [-0.4, -0.2) is 107 Å². The molecule has 0 amide bonds. The lowest BCUT2D eigenvalue weighted by Gasteiger charge is -2.33. The predicted molar refractivity (Wildman–Crippen MR) is 446 cm³/mol. The molecule has 2 aromatic rings. The Morgan fingerprint density at radius 2 is 0.785 bits per heavy atom. The maximum Gasteiger partial charge on any atom is 0.313 e. The van der Waals surface area contributed by atoms with Gasteiger partial charge in [0.25, 0.3) is 0 Å². The van der Waals surface area contributed by atoms with Gasteiger partial charge in [-0.05, 0) is 267 Å². The van der Waals surface area contributed by atoms with E-state index >= 15 is 0 Å². The van der Waals surface area contributed by atoms with E-state index in [1.807, 2.05) is 246 Å². The third kappa shape index (κ3) is 67.9. The molecule has 1 unspecified atom stereocenters. The molecule has 0 heterocycles. The van der Waals surface area contributed by atoms with Gasteiger partial charge in [0, 0.05) is 59.7 Å². The number of benzene rings is 2. The lowest BCUT2D eigenvalue weighted by Crippen LogP contribution is -2.33. The highest BCUT2D eigenvalue weighted by molar-refractivity contribution is 5.85. The molecule has 0 aliphatic heterocycles. The highest BCUT2D eigenvalue weighted by atomic mass is 16.7. The average Bonchev–Trinajstić information content (AvgIpc) is 0.780. The standard InChI is InChI=1S/C21H34O2.C15H22O3.C13H26O2.C12H24O2.C11H22O3.C10H20O3.C9H20O/c1-14-11-15(2)18(16(12-14)23-20(6,7)8)21(9,10)13-17(22)19(3,4)5;1-11(2)14(16)17-10-12-6-8-13(9-7-12)18-15(3,4)5;1-12(2,3)11(14)9-7-8-10-15-13(4,5)6;1-11(2,3)10(13)8-7-9-14-12(4,5)6;1-8(14-11(5,6)7)13-9(12)10(2,3)4;1-9(2,3)8(11)12-7-13-10(4,5)6;1-8(2,3)7-10-9(4,5)6/h11-12H,13H2,1-10H3;6-9,11H,10H2,1-5H3;7-10H2,1-6H3;7-9H2,1-6H3;8H,1-7H3;7H2,1-6H3;7H2,1-6H3. The van der Waals surface area contributed by atoms with Gasteiger partial charge >= 0.3 is 17.9 Å². The van der Waals surface area contributed by atoms with Crippen LogP contribution in [0.3, 0.4) is 0 Å². The van der Waals surface area contributed by atoms with E-state index in [0.29, 0.717) is 44.0 Å². The molecule has 0 radical (unpaired) electrons. The Labute approximate surface area is 657 Å². The smallest absolute Gasteiger partial charge is 0.313 e.